The van der Waals surface area contributed by atoms with Crippen molar-refractivity contribution < 1.29 is 124 Å². The van der Waals surface area contributed by atoms with Crippen LogP contribution in [0.2, 0.25) is 0 Å². The molecule has 5 heterocycles. The van der Waals surface area contributed by atoms with Gasteiger partial charge in [-0.1, -0.05) is 6.07 Å². The molecule has 0 spiro atoms. The first-order valence-electron chi connectivity index (χ1n) is 20.0. The summed E-state index contributed by atoms with van der Waals surface area (Å²) in [6, 6.07) is 5.74. The minimum atomic E-state index is -2.02. The molecule has 64 heavy (non-hydrogen) atoms. The van der Waals surface area contributed by atoms with E-state index in [-0.39, 0.29) is 28.4 Å². The average Bonchev–Trinajstić information content (AvgIpc) is 3.27. The van der Waals surface area contributed by atoms with Crippen LogP contribution in [-0.4, -0.2) is 224 Å². The maximum atomic E-state index is 11.2. The highest BCUT2D eigenvalue weighted by Crippen LogP contribution is 2.47. The molecule has 0 amide bonds. The van der Waals surface area contributed by atoms with Crippen molar-refractivity contribution in [2.75, 3.05) is 19.8 Å². The Labute approximate surface area is 361 Å². The van der Waals surface area contributed by atoms with Crippen LogP contribution in [0.25, 0.3) is 6.08 Å². The molecule has 0 saturated carbocycles. The van der Waals surface area contributed by atoms with E-state index in [0.29, 0.717) is 0 Å². The molecule has 25 nitrogen and oxygen atoms in total. The van der Waals surface area contributed by atoms with Gasteiger partial charge in [0.25, 0.3) is 0 Å². The Bertz CT molecular complexity index is 1930. The van der Waals surface area contributed by atoms with E-state index in [1.807, 2.05) is 0 Å². The van der Waals surface area contributed by atoms with Crippen molar-refractivity contribution in [3.05, 3.63) is 47.2 Å². The van der Waals surface area contributed by atoms with Crippen LogP contribution in [0.3, 0.4) is 0 Å². The number of fused-ring (bicyclic) bond motifs is 1. The zero-order chi connectivity index (χ0) is 46.5. The fourth-order valence-electron chi connectivity index (χ4n) is 7.65. The van der Waals surface area contributed by atoms with E-state index in [9.17, 15) is 81.7 Å². The summed E-state index contributed by atoms with van der Waals surface area (Å²) in [5.74, 6) is -2.24. The summed E-state index contributed by atoms with van der Waals surface area (Å²) in [5, 5.41) is 167. The Kier molecular flexibility index (Phi) is 14.7. The van der Waals surface area contributed by atoms with Gasteiger partial charge in [-0.3, -0.25) is 0 Å². The second-order valence-electron chi connectivity index (χ2n) is 15.9. The molecule has 25 heteroatoms. The van der Waals surface area contributed by atoms with Crippen molar-refractivity contribution in [2.24, 2.45) is 0 Å². The van der Waals surface area contributed by atoms with Gasteiger partial charge in [0.2, 0.25) is 18.9 Å². The molecule has 2 aromatic carbocycles. The molecule has 16 N–H and O–H groups in total. The molecule has 0 aromatic heterocycles. The number of aliphatic hydroxyl groups excluding tert-OH is 14. The fraction of sp³-hybridized carbons (Fsp3) is 0.641. The number of rotatable bonds is 12. The van der Waals surface area contributed by atoms with Gasteiger partial charge in [-0.25, -0.2) is 0 Å². The molecule has 0 radical (unpaired) electrons. The summed E-state index contributed by atoms with van der Waals surface area (Å²) < 4.78 is 51.7. The van der Waals surface area contributed by atoms with Crippen molar-refractivity contribution in [2.45, 2.75) is 136 Å². The van der Waals surface area contributed by atoms with Crippen LogP contribution in [0.15, 0.2) is 36.1 Å². The Morgan fingerprint density at radius 1 is 0.516 bits per heavy atom. The molecular formula is C39H52O25. The largest absolute Gasteiger partial charge is 0.508 e. The quantitative estimate of drug-likeness (QED) is 0.0941. The van der Waals surface area contributed by atoms with Gasteiger partial charge in [0, 0.05) is 17.7 Å². The minimum Gasteiger partial charge on any atom is -0.508 e. The summed E-state index contributed by atoms with van der Waals surface area (Å²) >= 11 is 0. The maximum Gasteiger partial charge on any atom is 0.229 e. The summed E-state index contributed by atoms with van der Waals surface area (Å²) in [6.45, 7) is -0.837. The predicted octanol–water partition coefficient (Wildman–Crippen LogP) is -6.40. The maximum absolute atomic E-state index is 11.2. The lowest BCUT2D eigenvalue weighted by molar-refractivity contribution is -0.324. The van der Waals surface area contributed by atoms with Crippen molar-refractivity contribution >= 4 is 6.08 Å². The van der Waals surface area contributed by atoms with E-state index in [1.54, 1.807) is 0 Å². The first-order chi connectivity index (χ1) is 30.3. The Morgan fingerprint density at radius 2 is 1.02 bits per heavy atom. The van der Waals surface area contributed by atoms with Crippen LogP contribution in [0.5, 0.6) is 28.7 Å². The van der Waals surface area contributed by atoms with Gasteiger partial charge in [-0.05, 0) is 25.1 Å². The fourth-order valence-corrected chi connectivity index (χ4v) is 7.65. The average molecular weight is 921 g/mol. The summed E-state index contributed by atoms with van der Waals surface area (Å²) in [7, 11) is 0. The lowest BCUT2D eigenvalue weighted by Crippen LogP contribution is -2.61. The minimum absolute atomic E-state index is 0.0399. The van der Waals surface area contributed by atoms with Crippen molar-refractivity contribution in [3.8, 4) is 28.7 Å². The first-order valence-corrected chi connectivity index (χ1v) is 20.0. The van der Waals surface area contributed by atoms with E-state index >= 15 is 0 Å². The Morgan fingerprint density at radius 3 is 1.59 bits per heavy atom. The van der Waals surface area contributed by atoms with Crippen molar-refractivity contribution in [3.63, 3.8) is 0 Å². The van der Waals surface area contributed by atoms with Crippen LogP contribution in [-0.2, 0) is 28.4 Å². The molecular weight excluding hydrogens is 868 g/mol. The van der Waals surface area contributed by atoms with Gasteiger partial charge in [-0.2, -0.15) is 0 Å². The molecule has 4 fully saturated rings. The van der Waals surface area contributed by atoms with Gasteiger partial charge in [0.1, 0.15) is 115 Å². The summed E-state index contributed by atoms with van der Waals surface area (Å²) in [5.41, 5.74) is -0.0280. The third kappa shape index (κ3) is 9.42. The third-order valence-corrected chi connectivity index (χ3v) is 11.5. The lowest BCUT2D eigenvalue weighted by atomic mass is 9.98. The Balaban J connectivity index is 1.22. The summed E-state index contributed by atoms with van der Waals surface area (Å²) in [6.07, 6.45) is -34.2. The number of hydrogen-bond donors (Lipinski definition) is 16. The molecule has 5 aliphatic heterocycles. The van der Waals surface area contributed by atoms with Crippen molar-refractivity contribution in [1.82, 2.24) is 0 Å². The number of aliphatic hydroxyl groups is 14. The molecule has 358 valence electrons. The van der Waals surface area contributed by atoms with Crippen LogP contribution in [0, 0.1) is 0 Å². The molecule has 0 bridgehead atoms. The molecule has 4 saturated heterocycles. The monoisotopic (exact) mass is 920 g/mol. The van der Waals surface area contributed by atoms with E-state index in [0.717, 1.165) is 24.3 Å². The first kappa shape index (κ1) is 48.2. The standard InChI is InChI=1S/C39H52O25/c1-11-23(44)27(48)31(52)36(57-11)56-10-22-26(47)30(51)34(55)39(64-22)61-19-7-14-16(5-13(42)6-17(14)59-37-32(53)28(49)24(45)20(8-40)62-37)58-35(19)12-2-3-15(43)18(4-12)60-38-33(54)29(50)25(46)21(9-41)63-38/h2-7,11,20-55H,8-10H2,1H3/t11-,20+,21-,22+,23-,24+,25+,26+,27-,28-,29-,30+,31+,32+,33+,34+,35?,36+,37+,38+,39+/m0/s1. The number of hydrogen-bond acceptors (Lipinski definition) is 25. The van der Waals surface area contributed by atoms with Gasteiger partial charge < -0.3 is 124 Å². The molecule has 7 rings (SSSR count). The third-order valence-electron chi connectivity index (χ3n) is 11.5. The second kappa shape index (κ2) is 19.6. The molecule has 1 unspecified atom stereocenters. The molecule has 0 aliphatic carbocycles. The van der Waals surface area contributed by atoms with Crippen LogP contribution in [0.4, 0.5) is 0 Å². The van der Waals surface area contributed by atoms with Gasteiger partial charge in [-0.15, -0.1) is 0 Å². The van der Waals surface area contributed by atoms with Crippen LogP contribution >= 0.6 is 0 Å². The van der Waals surface area contributed by atoms with Crippen LogP contribution < -0.4 is 14.2 Å². The number of phenols is 2. The number of ether oxygens (including phenoxy) is 9. The van der Waals surface area contributed by atoms with E-state index in [2.05, 4.69) is 0 Å². The van der Waals surface area contributed by atoms with Gasteiger partial charge in [0.05, 0.1) is 31.5 Å². The topological polar surface area (TPSA) is 407 Å². The van der Waals surface area contributed by atoms with E-state index in [4.69, 9.17) is 42.6 Å². The number of benzene rings is 2. The molecule has 2 aromatic rings. The number of aromatic hydroxyl groups is 2. The zero-order valence-electron chi connectivity index (χ0n) is 33.5. The Hall–Kier alpha value is -3.78. The number of phenolic OH excluding ortho intramolecular Hbond substituents is 2. The second-order valence-corrected chi connectivity index (χ2v) is 15.9. The molecule has 21 atom stereocenters. The molecule has 5 aliphatic rings. The van der Waals surface area contributed by atoms with E-state index < -0.39 is 166 Å². The van der Waals surface area contributed by atoms with E-state index in [1.165, 1.54) is 19.1 Å². The normalized spacial score (nSPS) is 42.5. The van der Waals surface area contributed by atoms with Crippen molar-refractivity contribution in [1.29, 1.82) is 0 Å². The zero-order valence-corrected chi connectivity index (χ0v) is 33.5. The highest BCUT2D eigenvalue weighted by Gasteiger charge is 2.50. The van der Waals surface area contributed by atoms with Gasteiger partial charge >= 0.3 is 0 Å². The van der Waals surface area contributed by atoms with Crippen LogP contribution in [0.1, 0.15) is 24.2 Å². The summed E-state index contributed by atoms with van der Waals surface area (Å²) in [4.78, 5) is 0. The highest BCUT2D eigenvalue weighted by atomic mass is 16.7. The smallest absolute Gasteiger partial charge is 0.229 e. The lowest BCUT2D eigenvalue weighted by Gasteiger charge is -2.43. The highest BCUT2D eigenvalue weighted by molar-refractivity contribution is 5.70. The van der Waals surface area contributed by atoms with Gasteiger partial charge in [0.15, 0.2) is 23.9 Å². The SMILES string of the molecule is C[C@@H]1O[C@@H](OC[C@H]2O[C@@H](OC3=Cc4c(cc(O)cc4O[C@@H]4O[C@H](CO)[C@@H](O)[C@H](O)[C@H]4O)OC3c3ccc(O)c(O[C@@H]4O[C@@H](CO)[C@@H](O)[C@H](O)[C@H]4O)c3)[C@H](O)[C@H](O)[C@@H]2O)[C@H](O)[C@@H](O)[C@H]1O. The predicted molar refractivity (Wildman–Crippen MR) is 202 cm³/mol.